The van der Waals surface area contributed by atoms with Gasteiger partial charge >= 0.3 is 0 Å². The van der Waals surface area contributed by atoms with Gasteiger partial charge in [0.15, 0.2) is 0 Å². The summed E-state index contributed by atoms with van der Waals surface area (Å²) in [4.78, 5) is 0. The van der Waals surface area contributed by atoms with Crippen LogP contribution in [-0.4, -0.2) is 25.7 Å². The Kier molecular flexibility index (Phi) is 3.69. The van der Waals surface area contributed by atoms with E-state index in [1.807, 2.05) is 0 Å². The summed E-state index contributed by atoms with van der Waals surface area (Å²) in [5.41, 5.74) is 2.68. The van der Waals surface area contributed by atoms with Crippen LogP contribution in [0.2, 0.25) is 0 Å². The first-order valence-electron chi connectivity index (χ1n) is 7.15. The summed E-state index contributed by atoms with van der Waals surface area (Å²) >= 11 is 0. The Bertz CT molecular complexity index is 399. The maximum absolute atomic E-state index is 5.92. The molecule has 1 atom stereocenters. The van der Waals surface area contributed by atoms with Crippen molar-refractivity contribution in [3.05, 3.63) is 23.8 Å². The lowest BCUT2D eigenvalue weighted by Crippen LogP contribution is -2.38. The van der Waals surface area contributed by atoms with Crippen molar-refractivity contribution >= 4 is 5.69 Å². The number of anilines is 1. The molecule has 2 aliphatic heterocycles. The molecule has 3 rings (SSSR count). The third kappa shape index (κ3) is 2.78. The minimum Gasteiger partial charge on any atom is -0.492 e. The molecule has 0 aliphatic carbocycles. The molecule has 1 fully saturated rings. The van der Waals surface area contributed by atoms with Crippen molar-refractivity contribution in [1.29, 1.82) is 0 Å². The fourth-order valence-corrected chi connectivity index (χ4v) is 2.80. The van der Waals surface area contributed by atoms with Crippen LogP contribution >= 0.6 is 0 Å². The second-order valence-corrected chi connectivity index (χ2v) is 5.31. The highest BCUT2D eigenvalue weighted by Gasteiger charge is 2.14. The fraction of sp³-hybridized carbons (Fsp3) is 0.600. The molecule has 0 amide bonds. The highest BCUT2D eigenvalue weighted by molar-refractivity contribution is 5.55. The maximum atomic E-state index is 5.92. The predicted molar refractivity (Wildman–Crippen MR) is 74.4 cm³/mol. The number of ether oxygens (including phenoxy) is 1. The molecule has 98 valence electrons. The van der Waals surface area contributed by atoms with Gasteiger partial charge in [-0.3, -0.25) is 0 Å². The third-order valence-electron chi connectivity index (χ3n) is 3.88. The van der Waals surface area contributed by atoms with Crippen molar-refractivity contribution in [2.45, 2.75) is 38.1 Å². The molecule has 3 nitrogen and oxygen atoms in total. The Morgan fingerprint density at radius 2 is 2.17 bits per heavy atom. The van der Waals surface area contributed by atoms with Crippen LogP contribution in [0.3, 0.4) is 0 Å². The Morgan fingerprint density at radius 1 is 1.17 bits per heavy atom. The first-order chi connectivity index (χ1) is 8.92. The Hall–Kier alpha value is -1.22. The molecule has 1 saturated heterocycles. The van der Waals surface area contributed by atoms with E-state index in [0.29, 0.717) is 6.04 Å². The van der Waals surface area contributed by atoms with E-state index in [0.717, 1.165) is 25.4 Å². The van der Waals surface area contributed by atoms with Crippen molar-refractivity contribution in [2.75, 3.05) is 25.0 Å². The zero-order valence-electron chi connectivity index (χ0n) is 10.9. The van der Waals surface area contributed by atoms with Crippen molar-refractivity contribution in [2.24, 2.45) is 0 Å². The van der Waals surface area contributed by atoms with Gasteiger partial charge in [0.25, 0.3) is 0 Å². The average Bonchev–Trinajstić information content (AvgIpc) is 2.46. The Balaban J connectivity index is 1.58. The lowest BCUT2D eigenvalue weighted by Gasteiger charge is -2.24. The summed E-state index contributed by atoms with van der Waals surface area (Å²) in [7, 11) is 0. The van der Waals surface area contributed by atoms with E-state index >= 15 is 0 Å². The van der Waals surface area contributed by atoms with Gasteiger partial charge in [0.2, 0.25) is 0 Å². The van der Waals surface area contributed by atoms with E-state index in [1.165, 1.54) is 43.4 Å². The van der Waals surface area contributed by atoms with Gasteiger partial charge in [-0.25, -0.2) is 0 Å². The molecule has 1 aromatic rings. The first-order valence-corrected chi connectivity index (χ1v) is 7.15. The van der Waals surface area contributed by atoms with Crippen molar-refractivity contribution in [3.63, 3.8) is 0 Å². The summed E-state index contributed by atoms with van der Waals surface area (Å²) in [6.45, 7) is 3.04. The molecule has 0 aromatic heterocycles. The SMILES string of the molecule is c1cc2c(cc1OCC1CCCCN1)CCCN2. The molecule has 18 heavy (non-hydrogen) atoms. The molecular formula is C15H22N2O. The molecule has 2 heterocycles. The molecule has 3 heteroatoms. The van der Waals surface area contributed by atoms with Gasteiger partial charge in [-0.1, -0.05) is 6.42 Å². The second-order valence-electron chi connectivity index (χ2n) is 5.31. The quantitative estimate of drug-likeness (QED) is 0.860. The summed E-state index contributed by atoms with van der Waals surface area (Å²) in [5, 5.41) is 6.94. The number of hydrogen-bond acceptors (Lipinski definition) is 3. The summed E-state index contributed by atoms with van der Waals surface area (Å²) in [6.07, 6.45) is 6.27. The average molecular weight is 246 g/mol. The number of aryl methyl sites for hydroxylation is 1. The van der Waals surface area contributed by atoms with Gasteiger partial charge in [-0.2, -0.15) is 0 Å². The van der Waals surface area contributed by atoms with Crippen molar-refractivity contribution in [3.8, 4) is 5.75 Å². The van der Waals surface area contributed by atoms with Crippen LogP contribution in [0.25, 0.3) is 0 Å². The number of rotatable bonds is 3. The van der Waals surface area contributed by atoms with Gasteiger partial charge in [0.1, 0.15) is 12.4 Å². The van der Waals surface area contributed by atoms with E-state index < -0.39 is 0 Å². The van der Waals surface area contributed by atoms with Gasteiger partial charge in [0, 0.05) is 18.3 Å². The topological polar surface area (TPSA) is 33.3 Å². The smallest absolute Gasteiger partial charge is 0.119 e. The van der Waals surface area contributed by atoms with Gasteiger partial charge < -0.3 is 15.4 Å². The molecule has 0 bridgehead atoms. The lowest BCUT2D eigenvalue weighted by molar-refractivity contribution is 0.239. The van der Waals surface area contributed by atoms with Gasteiger partial charge in [-0.15, -0.1) is 0 Å². The molecule has 1 aromatic carbocycles. The summed E-state index contributed by atoms with van der Waals surface area (Å²) in [5.74, 6) is 1.02. The fourth-order valence-electron chi connectivity index (χ4n) is 2.80. The first kappa shape index (κ1) is 11.8. The van der Waals surface area contributed by atoms with E-state index in [1.54, 1.807) is 0 Å². The number of fused-ring (bicyclic) bond motifs is 1. The second kappa shape index (κ2) is 5.61. The van der Waals surface area contributed by atoms with Crippen LogP contribution in [-0.2, 0) is 6.42 Å². The third-order valence-corrected chi connectivity index (χ3v) is 3.88. The Labute approximate surface area is 109 Å². The highest BCUT2D eigenvalue weighted by atomic mass is 16.5. The molecule has 1 unspecified atom stereocenters. The molecular weight excluding hydrogens is 224 g/mol. The molecule has 0 spiro atoms. The van der Waals surface area contributed by atoms with Crippen LogP contribution < -0.4 is 15.4 Å². The minimum absolute atomic E-state index is 0.535. The maximum Gasteiger partial charge on any atom is 0.119 e. The molecule has 0 saturated carbocycles. The van der Waals surface area contributed by atoms with E-state index in [2.05, 4.69) is 28.8 Å². The number of benzene rings is 1. The number of hydrogen-bond donors (Lipinski definition) is 2. The number of nitrogens with one attached hydrogen (secondary N) is 2. The molecule has 0 radical (unpaired) electrons. The van der Waals surface area contributed by atoms with Crippen LogP contribution in [0, 0.1) is 0 Å². The van der Waals surface area contributed by atoms with Crippen LogP contribution in [0.5, 0.6) is 5.75 Å². The zero-order chi connectivity index (χ0) is 12.2. The van der Waals surface area contributed by atoms with Crippen molar-refractivity contribution in [1.82, 2.24) is 5.32 Å². The van der Waals surface area contributed by atoms with Crippen LogP contribution in [0.15, 0.2) is 18.2 Å². The monoisotopic (exact) mass is 246 g/mol. The standard InChI is InChI=1S/C15H22N2O/c1-2-8-16-13(5-1)11-18-14-6-7-15-12(10-14)4-3-9-17-15/h6-7,10,13,16-17H,1-5,8-9,11H2. The highest BCUT2D eigenvalue weighted by Crippen LogP contribution is 2.26. The lowest BCUT2D eigenvalue weighted by atomic mass is 10.0. The van der Waals surface area contributed by atoms with Gasteiger partial charge in [0.05, 0.1) is 0 Å². The Morgan fingerprint density at radius 3 is 3.06 bits per heavy atom. The van der Waals surface area contributed by atoms with E-state index in [9.17, 15) is 0 Å². The zero-order valence-corrected chi connectivity index (χ0v) is 10.9. The normalized spacial score (nSPS) is 23.0. The van der Waals surface area contributed by atoms with E-state index in [-0.39, 0.29) is 0 Å². The summed E-state index contributed by atoms with van der Waals surface area (Å²) in [6, 6.07) is 6.97. The molecule has 2 aliphatic rings. The van der Waals surface area contributed by atoms with Crippen LogP contribution in [0.1, 0.15) is 31.2 Å². The molecule has 2 N–H and O–H groups in total. The van der Waals surface area contributed by atoms with Gasteiger partial charge in [-0.05, 0) is 56.0 Å². The van der Waals surface area contributed by atoms with Crippen molar-refractivity contribution < 1.29 is 4.74 Å². The number of piperidine rings is 1. The van der Waals surface area contributed by atoms with E-state index in [4.69, 9.17) is 4.74 Å². The predicted octanol–water partition coefficient (Wildman–Crippen LogP) is 2.57. The van der Waals surface area contributed by atoms with Crippen LogP contribution in [0.4, 0.5) is 5.69 Å². The minimum atomic E-state index is 0.535. The summed E-state index contributed by atoms with van der Waals surface area (Å²) < 4.78 is 5.92. The largest absolute Gasteiger partial charge is 0.492 e.